The molecular weight excluding hydrogens is 529 g/mol. The van der Waals surface area contributed by atoms with Gasteiger partial charge in [-0.25, -0.2) is 14.8 Å². The molecule has 2 N–H and O–H groups in total. The Morgan fingerprint density at radius 1 is 1.02 bits per heavy atom. The molecule has 3 aromatic rings. The minimum atomic E-state index is -4.65. The van der Waals surface area contributed by atoms with E-state index in [4.69, 9.17) is 9.84 Å². The van der Waals surface area contributed by atoms with E-state index in [0.29, 0.717) is 30.2 Å². The number of nitrogens with one attached hydrogen (secondary N) is 1. The molecule has 0 unspecified atom stereocenters. The van der Waals surface area contributed by atoms with Crippen molar-refractivity contribution in [2.75, 3.05) is 25.0 Å². The molecule has 0 spiro atoms. The summed E-state index contributed by atoms with van der Waals surface area (Å²) in [4.78, 5) is 40.8. The third-order valence-electron chi connectivity index (χ3n) is 6.65. The number of ether oxygens (including phenoxy) is 1. The van der Waals surface area contributed by atoms with Gasteiger partial charge in [0, 0.05) is 37.4 Å². The smallest absolute Gasteiger partial charge is 0.419 e. The Bertz CT molecular complexity index is 1330. The first-order chi connectivity index (χ1) is 19.1. The lowest BCUT2D eigenvalue weighted by atomic mass is 9.89. The summed E-state index contributed by atoms with van der Waals surface area (Å²) in [7, 11) is 0. The summed E-state index contributed by atoms with van der Waals surface area (Å²) in [6.45, 7) is 2.83. The van der Waals surface area contributed by atoms with Gasteiger partial charge >= 0.3 is 18.2 Å². The Balaban J connectivity index is 1.47. The topological polar surface area (TPSA) is 130 Å². The number of carbonyl (C=O) groups is 2. The summed E-state index contributed by atoms with van der Waals surface area (Å²) in [6, 6.07) is 7.41. The van der Waals surface area contributed by atoms with Gasteiger partial charge in [0.1, 0.15) is 0 Å². The molecule has 4 rings (SSSR count). The molecule has 1 amide bonds. The largest absolute Gasteiger partial charge is 0.466 e. The van der Waals surface area contributed by atoms with Crippen LogP contribution in [0.3, 0.4) is 0 Å². The lowest BCUT2D eigenvalue weighted by Crippen LogP contribution is -2.36. The van der Waals surface area contributed by atoms with E-state index in [1.54, 1.807) is 19.1 Å². The molecular formula is C27H29F3N6O4. The van der Waals surface area contributed by atoms with Crippen molar-refractivity contribution in [3.8, 4) is 0 Å². The van der Waals surface area contributed by atoms with Gasteiger partial charge in [-0.3, -0.25) is 14.8 Å². The van der Waals surface area contributed by atoms with Crippen molar-refractivity contribution in [2.45, 2.75) is 51.1 Å². The normalized spacial score (nSPS) is 14.2. The molecule has 1 aromatic carbocycles. The van der Waals surface area contributed by atoms with Crippen LogP contribution in [0.1, 0.15) is 53.9 Å². The van der Waals surface area contributed by atoms with Crippen molar-refractivity contribution < 1.29 is 32.6 Å². The number of carboxylic acid groups (broad SMARTS) is 1. The zero-order chi connectivity index (χ0) is 28.7. The molecule has 1 aliphatic rings. The number of hydrogen-bond acceptors (Lipinski definition) is 8. The average molecular weight is 559 g/mol. The molecule has 1 fully saturated rings. The van der Waals surface area contributed by atoms with E-state index in [1.807, 2.05) is 12.1 Å². The fraction of sp³-hybridized carbons (Fsp3) is 0.407. The van der Waals surface area contributed by atoms with Crippen LogP contribution >= 0.6 is 0 Å². The molecule has 0 bridgehead atoms. The zero-order valence-electron chi connectivity index (χ0n) is 21.8. The number of piperidine rings is 1. The van der Waals surface area contributed by atoms with E-state index in [-0.39, 0.29) is 43.4 Å². The number of anilines is 2. The van der Waals surface area contributed by atoms with Crippen molar-refractivity contribution in [3.05, 3.63) is 71.1 Å². The van der Waals surface area contributed by atoms with Crippen molar-refractivity contribution >= 4 is 23.7 Å². The lowest BCUT2D eigenvalue weighted by Gasteiger charge is -2.30. The maximum absolute atomic E-state index is 13.7. The second-order valence-electron chi connectivity index (χ2n) is 9.27. The predicted octanol–water partition coefficient (Wildman–Crippen LogP) is 4.78. The number of hydrogen-bond donors (Lipinski definition) is 2. The Labute approximate surface area is 228 Å². The molecule has 40 heavy (non-hydrogen) atoms. The number of benzene rings is 1. The van der Waals surface area contributed by atoms with E-state index in [0.717, 1.165) is 24.6 Å². The van der Waals surface area contributed by atoms with Crippen molar-refractivity contribution in [1.29, 1.82) is 0 Å². The summed E-state index contributed by atoms with van der Waals surface area (Å²) in [6.07, 6.45) is -0.692. The number of alkyl halides is 3. The molecule has 0 radical (unpaired) electrons. The van der Waals surface area contributed by atoms with Crippen LogP contribution in [0.25, 0.3) is 0 Å². The second kappa shape index (κ2) is 12.7. The number of esters is 1. The van der Waals surface area contributed by atoms with Crippen LogP contribution in [-0.4, -0.2) is 61.7 Å². The van der Waals surface area contributed by atoms with E-state index >= 15 is 0 Å². The molecule has 13 heteroatoms. The number of likely N-dealkylation sites (tertiary alicyclic amines) is 1. The number of rotatable bonds is 9. The van der Waals surface area contributed by atoms with Crippen LogP contribution in [0.4, 0.5) is 29.6 Å². The number of aryl methyl sites for hydroxylation is 2. The summed E-state index contributed by atoms with van der Waals surface area (Å²) in [5.74, 6) is -0.254. The highest BCUT2D eigenvalue weighted by Gasteiger charge is 2.35. The van der Waals surface area contributed by atoms with Gasteiger partial charge in [-0.05, 0) is 56.2 Å². The number of amides is 1. The maximum atomic E-state index is 13.7. The summed E-state index contributed by atoms with van der Waals surface area (Å²) >= 11 is 0. The van der Waals surface area contributed by atoms with E-state index in [9.17, 15) is 22.8 Å². The number of nitrogens with zero attached hydrogens (tertiary/aromatic N) is 5. The van der Waals surface area contributed by atoms with Crippen LogP contribution in [0, 0.1) is 0 Å². The summed E-state index contributed by atoms with van der Waals surface area (Å²) < 4.78 is 46.1. The minimum Gasteiger partial charge on any atom is -0.466 e. The Morgan fingerprint density at radius 3 is 2.30 bits per heavy atom. The molecule has 0 atom stereocenters. The first kappa shape index (κ1) is 28.7. The van der Waals surface area contributed by atoms with E-state index < -0.39 is 23.8 Å². The highest BCUT2D eigenvalue weighted by molar-refractivity contribution is 5.72. The molecule has 0 aliphatic carbocycles. The SMILES string of the molecule is CCOC(=O)Cc1nccnc1CCc1nc(Nc2ccc(C3CCN(C(=O)O)CC3)cc2)ncc1C(F)(F)F. The van der Waals surface area contributed by atoms with E-state index in [1.165, 1.54) is 17.3 Å². The fourth-order valence-electron chi connectivity index (χ4n) is 4.61. The van der Waals surface area contributed by atoms with Gasteiger partial charge in [0.25, 0.3) is 0 Å². The van der Waals surface area contributed by atoms with Crippen LogP contribution in [-0.2, 0) is 35.0 Å². The molecule has 2 aromatic heterocycles. The van der Waals surface area contributed by atoms with Gasteiger partial charge in [-0.1, -0.05) is 12.1 Å². The van der Waals surface area contributed by atoms with Gasteiger partial charge < -0.3 is 20.1 Å². The summed E-state index contributed by atoms with van der Waals surface area (Å²) in [5.41, 5.74) is 1.24. The van der Waals surface area contributed by atoms with Gasteiger partial charge in [0.05, 0.1) is 35.7 Å². The molecule has 0 saturated carbocycles. The zero-order valence-corrected chi connectivity index (χ0v) is 21.8. The first-order valence-corrected chi connectivity index (χ1v) is 12.9. The first-order valence-electron chi connectivity index (χ1n) is 12.9. The van der Waals surface area contributed by atoms with Crippen molar-refractivity contribution in [2.24, 2.45) is 0 Å². The third-order valence-corrected chi connectivity index (χ3v) is 6.65. The lowest BCUT2D eigenvalue weighted by molar-refractivity contribution is -0.142. The Kier molecular flexibility index (Phi) is 9.12. The molecule has 1 saturated heterocycles. The summed E-state index contributed by atoms with van der Waals surface area (Å²) in [5, 5.41) is 12.1. The standard InChI is InChI=1S/C27H29F3N6O4/c1-2-40-24(37)15-23-22(31-11-12-32-23)8-7-21-20(27(28,29)30)16-33-25(35-21)34-19-5-3-17(4-6-19)18-9-13-36(14-10-18)26(38)39/h3-6,11-12,16,18H,2,7-10,13-15H2,1H3,(H,38,39)(H,33,34,35). The number of carbonyl (C=O) groups excluding carboxylic acids is 1. The van der Waals surface area contributed by atoms with Crippen LogP contribution < -0.4 is 5.32 Å². The third kappa shape index (κ3) is 7.42. The monoisotopic (exact) mass is 558 g/mol. The van der Waals surface area contributed by atoms with Gasteiger partial charge in [-0.2, -0.15) is 13.2 Å². The van der Waals surface area contributed by atoms with Gasteiger partial charge in [-0.15, -0.1) is 0 Å². The van der Waals surface area contributed by atoms with E-state index in [2.05, 4.69) is 25.3 Å². The molecule has 10 nitrogen and oxygen atoms in total. The number of halogens is 3. The van der Waals surface area contributed by atoms with Crippen LogP contribution in [0.5, 0.6) is 0 Å². The molecule has 1 aliphatic heterocycles. The van der Waals surface area contributed by atoms with Gasteiger partial charge in [0.15, 0.2) is 0 Å². The fourth-order valence-corrected chi connectivity index (χ4v) is 4.61. The van der Waals surface area contributed by atoms with Gasteiger partial charge in [0.2, 0.25) is 5.95 Å². The van der Waals surface area contributed by atoms with Crippen molar-refractivity contribution in [1.82, 2.24) is 24.8 Å². The van der Waals surface area contributed by atoms with Crippen LogP contribution in [0.15, 0.2) is 42.9 Å². The highest BCUT2D eigenvalue weighted by Crippen LogP contribution is 2.33. The Hall–Kier alpha value is -4.29. The molecule has 212 valence electrons. The number of aromatic nitrogens is 4. The maximum Gasteiger partial charge on any atom is 0.419 e. The quantitative estimate of drug-likeness (QED) is 0.356. The second-order valence-corrected chi connectivity index (χ2v) is 9.27. The van der Waals surface area contributed by atoms with Crippen molar-refractivity contribution in [3.63, 3.8) is 0 Å². The highest BCUT2D eigenvalue weighted by atomic mass is 19.4. The predicted molar refractivity (Wildman–Crippen MR) is 138 cm³/mol. The average Bonchev–Trinajstić information content (AvgIpc) is 2.92. The van der Waals surface area contributed by atoms with Crippen LogP contribution in [0.2, 0.25) is 0 Å². The molecule has 3 heterocycles. The minimum absolute atomic E-state index is 0.0106. The Morgan fingerprint density at radius 2 is 1.68 bits per heavy atom.